The summed E-state index contributed by atoms with van der Waals surface area (Å²) in [4.78, 5) is 2.56. The zero-order chi connectivity index (χ0) is 15.5. The molecule has 0 amide bonds. The molecule has 0 saturated heterocycles. The Kier molecular flexibility index (Phi) is 5.32. The summed E-state index contributed by atoms with van der Waals surface area (Å²) >= 11 is 0. The first kappa shape index (κ1) is 16.4. The number of likely N-dealkylation sites (N-methyl/N-ethyl adjacent to an activating group) is 1. The maximum atomic E-state index is 6.26. The van der Waals surface area contributed by atoms with Crippen molar-refractivity contribution in [1.82, 2.24) is 0 Å². The predicted molar refractivity (Wildman–Crippen MR) is 92.8 cm³/mol. The minimum Gasteiger partial charge on any atom is -0.365 e. The van der Waals surface area contributed by atoms with Gasteiger partial charge in [-0.05, 0) is 63.5 Å². The fraction of sp³-hybridized carbons (Fsp3) is 0.684. The summed E-state index contributed by atoms with van der Waals surface area (Å²) in [5.74, 6) is 1.68. The van der Waals surface area contributed by atoms with Crippen molar-refractivity contribution in [1.29, 1.82) is 0 Å². The number of anilines is 1. The van der Waals surface area contributed by atoms with Crippen LogP contribution in [0.25, 0.3) is 0 Å². The number of nitrogens with zero attached hydrogens (tertiary/aromatic N) is 1. The fourth-order valence-corrected chi connectivity index (χ4v) is 3.94. The summed E-state index contributed by atoms with van der Waals surface area (Å²) < 4.78 is 0. The van der Waals surface area contributed by atoms with Gasteiger partial charge >= 0.3 is 0 Å². The molecule has 118 valence electrons. The summed E-state index contributed by atoms with van der Waals surface area (Å²) in [6.07, 6.45) is 5.09. The third kappa shape index (κ3) is 3.42. The van der Waals surface area contributed by atoms with E-state index in [4.69, 9.17) is 5.73 Å². The lowest BCUT2D eigenvalue weighted by atomic mass is 9.72. The maximum absolute atomic E-state index is 6.26. The summed E-state index contributed by atoms with van der Waals surface area (Å²) in [5.41, 5.74) is 9.07. The van der Waals surface area contributed by atoms with Crippen LogP contribution in [0.4, 0.5) is 5.69 Å². The van der Waals surface area contributed by atoms with Crippen molar-refractivity contribution in [3.63, 3.8) is 0 Å². The van der Waals surface area contributed by atoms with Gasteiger partial charge in [0.2, 0.25) is 0 Å². The maximum Gasteiger partial charge on any atom is 0.0524 e. The molecule has 0 atom stereocenters. The van der Waals surface area contributed by atoms with Gasteiger partial charge in [0.05, 0.1) is 5.54 Å². The smallest absolute Gasteiger partial charge is 0.0524 e. The third-order valence-corrected chi connectivity index (χ3v) is 5.52. The van der Waals surface area contributed by atoms with Crippen LogP contribution >= 0.6 is 0 Å². The molecule has 1 aromatic rings. The highest BCUT2D eigenvalue weighted by Crippen LogP contribution is 2.40. The number of hydrogen-bond acceptors (Lipinski definition) is 2. The van der Waals surface area contributed by atoms with Gasteiger partial charge in [0.1, 0.15) is 0 Å². The molecule has 2 rings (SSSR count). The van der Waals surface area contributed by atoms with E-state index in [1.807, 2.05) is 0 Å². The Labute approximate surface area is 130 Å². The molecule has 1 aliphatic carbocycles. The van der Waals surface area contributed by atoms with Crippen molar-refractivity contribution in [3.8, 4) is 0 Å². The van der Waals surface area contributed by atoms with Crippen molar-refractivity contribution in [3.05, 3.63) is 29.8 Å². The lowest BCUT2D eigenvalue weighted by molar-refractivity contribution is 0.191. The molecule has 2 heteroatoms. The average Bonchev–Trinajstić information content (AvgIpc) is 2.50. The van der Waals surface area contributed by atoms with Crippen molar-refractivity contribution in [2.45, 2.75) is 58.9 Å². The molecule has 2 nitrogen and oxygen atoms in total. The average molecular weight is 288 g/mol. The topological polar surface area (TPSA) is 29.3 Å². The first-order valence-corrected chi connectivity index (χ1v) is 8.57. The van der Waals surface area contributed by atoms with E-state index in [9.17, 15) is 0 Å². The van der Waals surface area contributed by atoms with Crippen LogP contribution in [0, 0.1) is 18.8 Å². The van der Waals surface area contributed by atoms with Crippen LogP contribution in [0.5, 0.6) is 0 Å². The molecule has 0 radical (unpaired) electrons. The molecule has 1 aromatic carbocycles. The molecule has 1 aliphatic rings. The normalized spacial score (nSPS) is 26.1. The number of hydrogen-bond donors (Lipinski definition) is 1. The van der Waals surface area contributed by atoms with E-state index in [-0.39, 0.29) is 5.54 Å². The van der Waals surface area contributed by atoms with Gasteiger partial charge in [0.25, 0.3) is 0 Å². The highest BCUT2D eigenvalue weighted by Gasteiger charge is 2.39. The van der Waals surface area contributed by atoms with E-state index in [0.717, 1.165) is 24.9 Å². The quantitative estimate of drug-likeness (QED) is 0.872. The van der Waals surface area contributed by atoms with Gasteiger partial charge < -0.3 is 10.6 Å². The molecule has 0 aromatic heterocycles. The fourth-order valence-electron chi connectivity index (χ4n) is 3.94. The summed E-state index contributed by atoms with van der Waals surface area (Å²) in [6.45, 7) is 10.9. The van der Waals surface area contributed by atoms with Gasteiger partial charge in [-0.1, -0.05) is 31.5 Å². The lowest BCUT2D eigenvalue weighted by Gasteiger charge is -2.49. The van der Waals surface area contributed by atoms with Gasteiger partial charge in [-0.15, -0.1) is 0 Å². The van der Waals surface area contributed by atoms with Gasteiger partial charge in [-0.3, -0.25) is 0 Å². The molecular weight excluding hydrogens is 256 g/mol. The Morgan fingerprint density at radius 1 is 1.19 bits per heavy atom. The number of benzene rings is 1. The highest BCUT2D eigenvalue weighted by atomic mass is 15.2. The molecule has 21 heavy (non-hydrogen) atoms. The molecule has 0 unspecified atom stereocenters. The van der Waals surface area contributed by atoms with E-state index >= 15 is 0 Å². The molecule has 0 spiro atoms. The van der Waals surface area contributed by atoms with Crippen molar-refractivity contribution >= 4 is 5.69 Å². The number of rotatable bonds is 5. The summed E-state index contributed by atoms with van der Waals surface area (Å²) in [5, 5.41) is 0. The second-order valence-electron chi connectivity index (χ2n) is 7.09. The molecule has 1 fully saturated rings. The molecular formula is C19H32N2. The minimum atomic E-state index is 0.162. The van der Waals surface area contributed by atoms with Crippen molar-refractivity contribution < 1.29 is 0 Å². The number of aryl methyl sites for hydroxylation is 1. The SMILES string of the molecule is CCN(c1ccc(C)cc1)C1(CN)CCC(C(C)C)CC1. The Morgan fingerprint density at radius 3 is 2.19 bits per heavy atom. The first-order chi connectivity index (χ1) is 10.0. The van der Waals surface area contributed by atoms with Crippen LogP contribution in [-0.2, 0) is 0 Å². The second kappa shape index (κ2) is 6.83. The number of nitrogens with two attached hydrogens (primary N) is 1. The zero-order valence-corrected chi connectivity index (χ0v) is 14.2. The van der Waals surface area contributed by atoms with Crippen molar-refractivity contribution in [2.75, 3.05) is 18.0 Å². The van der Waals surface area contributed by atoms with Gasteiger partial charge in [0.15, 0.2) is 0 Å². The first-order valence-electron chi connectivity index (χ1n) is 8.57. The monoisotopic (exact) mass is 288 g/mol. The second-order valence-corrected chi connectivity index (χ2v) is 7.09. The molecule has 0 heterocycles. The molecule has 0 bridgehead atoms. The molecule has 0 aliphatic heterocycles. The van der Waals surface area contributed by atoms with Crippen LogP contribution < -0.4 is 10.6 Å². The highest BCUT2D eigenvalue weighted by molar-refractivity contribution is 5.50. The van der Waals surface area contributed by atoms with E-state index < -0.39 is 0 Å². The van der Waals surface area contributed by atoms with Crippen LogP contribution in [0.2, 0.25) is 0 Å². The van der Waals surface area contributed by atoms with E-state index in [2.05, 4.69) is 56.9 Å². The minimum absolute atomic E-state index is 0.162. The predicted octanol–water partition coefficient (Wildman–Crippen LogP) is 4.37. The Morgan fingerprint density at radius 2 is 1.76 bits per heavy atom. The Bertz CT molecular complexity index is 427. The van der Waals surface area contributed by atoms with Crippen LogP contribution in [0.3, 0.4) is 0 Å². The van der Waals surface area contributed by atoms with E-state index in [1.165, 1.54) is 36.9 Å². The van der Waals surface area contributed by atoms with Crippen LogP contribution in [-0.4, -0.2) is 18.6 Å². The van der Waals surface area contributed by atoms with Gasteiger partial charge in [0, 0.05) is 18.8 Å². The van der Waals surface area contributed by atoms with Gasteiger partial charge in [-0.25, -0.2) is 0 Å². The van der Waals surface area contributed by atoms with Crippen molar-refractivity contribution in [2.24, 2.45) is 17.6 Å². The zero-order valence-electron chi connectivity index (χ0n) is 14.2. The molecule has 1 saturated carbocycles. The summed E-state index contributed by atoms with van der Waals surface area (Å²) in [6, 6.07) is 8.93. The lowest BCUT2D eigenvalue weighted by Crippen LogP contribution is -2.56. The standard InChI is InChI=1S/C19H32N2/c1-5-21(18-8-6-16(4)7-9-18)19(14-20)12-10-17(11-13-19)15(2)3/h6-9,15,17H,5,10-14,20H2,1-4H3. The Balaban J connectivity index is 2.20. The summed E-state index contributed by atoms with van der Waals surface area (Å²) in [7, 11) is 0. The largest absolute Gasteiger partial charge is 0.365 e. The molecule has 2 N–H and O–H groups in total. The van der Waals surface area contributed by atoms with E-state index in [0.29, 0.717) is 0 Å². The van der Waals surface area contributed by atoms with E-state index in [1.54, 1.807) is 0 Å². The van der Waals surface area contributed by atoms with Crippen LogP contribution in [0.15, 0.2) is 24.3 Å². The third-order valence-electron chi connectivity index (χ3n) is 5.52. The van der Waals surface area contributed by atoms with Crippen LogP contribution in [0.1, 0.15) is 52.0 Å². The van der Waals surface area contributed by atoms with Gasteiger partial charge in [-0.2, -0.15) is 0 Å². The Hall–Kier alpha value is -1.02.